The fourth-order valence-electron chi connectivity index (χ4n) is 3.19. The van der Waals surface area contributed by atoms with Crippen molar-refractivity contribution in [3.05, 3.63) is 102 Å². The molecule has 1 amide bonds. The van der Waals surface area contributed by atoms with Crippen LogP contribution in [0.1, 0.15) is 23.5 Å². The first-order chi connectivity index (χ1) is 13.6. The SMILES string of the molecule is O=C(CS(=O)(=O)c1ccccc1)NCCC(c1ccccc1)c1ccccc1. The summed E-state index contributed by atoms with van der Waals surface area (Å²) in [7, 11) is -3.63. The van der Waals surface area contributed by atoms with Gasteiger partial charge in [0.2, 0.25) is 5.91 Å². The van der Waals surface area contributed by atoms with Crippen LogP contribution in [0.3, 0.4) is 0 Å². The van der Waals surface area contributed by atoms with Gasteiger partial charge in [0, 0.05) is 12.5 Å². The summed E-state index contributed by atoms with van der Waals surface area (Å²) in [5, 5.41) is 2.76. The standard InChI is InChI=1S/C23H23NO3S/c25-23(18-28(26,27)21-14-8-3-9-15-21)24-17-16-22(19-10-4-1-5-11-19)20-12-6-2-7-13-20/h1-15,22H,16-18H2,(H,24,25). The third kappa shape index (κ3) is 5.30. The number of rotatable bonds is 8. The third-order valence-corrected chi connectivity index (χ3v) is 6.22. The molecule has 0 heterocycles. The molecule has 0 aliphatic heterocycles. The lowest BCUT2D eigenvalue weighted by Crippen LogP contribution is -2.31. The van der Waals surface area contributed by atoms with Gasteiger partial charge in [-0.2, -0.15) is 0 Å². The molecular weight excluding hydrogens is 370 g/mol. The van der Waals surface area contributed by atoms with Gasteiger partial charge >= 0.3 is 0 Å². The van der Waals surface area contributed by atoms with Crippen molar-refractivity contribution in [3.63, 3.8) is 0 Å². The summed E-state index contributed by atoms with van der Waals surface area (Å²) in [5.41, 5.74) is 2.33. The Kier molecular flexibility index (Phi) is 6.61. The molecule has 0 aromatic heterocycles. The van der Waals surface area contributed by atoms with Gasteiger partial charge in [0.1, 0.15) is 5.75 Å². The Labute approximate surface area is 166 Å². The van der Waals surface area contributed by atoms with E-state index >= 15 is 0 Å². The zero-order valence-corrected chi connectivity index (χ0v) is 16.3. The summed E-state index contributed by atoms with van der Waals surface area (Å²) in [6, 6.07) is 28.3. The van der Waals surface area contributed by atoms with E-state index in [2.05, 4.69) is 29.6 Å². The fraction of sp³-hybridized carbons (Fsp3) is 0.174. The second-order valence-corrected chi connectivity index (χ2v) is 8.57. The minimum atomic E-state index is -3.63. The van der Waals surface area contributed by atoms with E-state index in [1.54, 1.807) is 18.2 Å². The Bertz CT molecular complexity index is 948. The number of hydrogen-bond acceptors (Lipinski definition) is 3. The maximum absolute atomic E-state index is 12.3. The van der Waals surface area contributed by atoms with Crippen molar-refractivity contribution in [1.29, 1.82) is 0 Å². The first-order valence-corrected chi connectivity index (χ1v) is 10.9. The van der Waals surface area contributed by atoms with Gasteiger partial charge < -0.3 is 5.32 Å². The molecule has 0 atom stereocenters. The molecule has 1 N–H and O–H groups in total. The maximum atomic E-state index is 12.3. The van der Waals surface area contributed by atoms with Crippen molar-refractivity contribution in [2.45, 2.75) is 17.2 Å². The summed E-state index contributed by atoms with van der Waals surface area (Å²) in [4.78, 5) is 12.4. The molecule has 0 unspecified atom stereocenters. The lowest BCUT2D eigenvalue weighted by molar-refractivity contribution is -0.118. The first-order valence-electron chi connectivity index (χ1n) is 9.21. The Hall–Kier alpha value is -2.92. The molecule has 0 fully saturated rings. The lowest BCUT2D eigenvalue weighted by Gasteiger charge is -2.18. The Morgan fingerprint density at radius 3 is 1.71 bits per heavy atom. The highest BCUT2D eigenvalue weighted by Crippen LogP contribution is 2.27. The number of amides is 1. The van der Waals surface area contributed by atoms with Crippen molar-refractivity contribution in [1.82, 2.24) is 5.32 Å². The Morgan fingerprint density at radius 1 is 0.750 bits per heavy atom. The van der Waals surface area contributed by atoms with Gasteiger partial charge in [-0.3, -0.25) is 4.79 Å². The van der Waals surface area contributed by atoms with Crippen molar-refractivity contribution >= 4 is 15.7 Å². The molecule has 0 bridgehead atoms. The topological polar surface area (TPSA) is 63.2 Å². The first kappa shape index (κ1) is 19.8. The molecule has 5 heteroatoms. The quantitative estimate of drug-likeness (QED) is 0.633. The molecule has 4 nitrogen and oxygen atoms in total. The number of sulfone groups is 1. The van der Waals surface area contributed by atoms with Crippen molar-refractivity contribution < 1.29 is 13.2 Å². The maximum Gasteiger partial charge on any atom is 0.235 e. The largest absolute Gasteiger partial charge is 0.355 e. The van der Waals surface area contributed by atoms with Crippen LogP contribution >= 0.6 is 0 Å². The zero-order chi connectivity index (χ0) is 19.8. The number of carbonyl (C=O) groups excluding carboxylic acids is 1. The molecule has 144 valence electrons. The highest BCUT2D eigenvalue weighted by Gasteiger charge is 2.19. The molecule has 0 saturated heterocycles. The van der Waals surface area contributed by atoms with Crippen LogP contribution in [0.15, 0.2) is 95.9 Å². The van der Waals surface area contributed by atoms with E-state index in [9.17, 15) is 13.2 Å². The minimum absolute atomic E-state index is 0.133. The molecule has 0 saturated carbocycles. The predicted molar refractivity (Wildman–Crippen MR) is 111 cm³/mol. The highest BCUT2D eigenvalue weighted by atomic mass is 32.2. The number of hydrogen-bond donors (Lipinski definition) is 1. The second-order valence-electron chi connectivity index (χ2n) is 6.58. The molecule has 0 aliphatic rings. The van der Waals surface area contributed by atoms with Gasteiger partial charge in [-0.1, -0.05) is 78.9 Å². The summed E-state index contributed by atoms with van der Waals surface area (Å²) < 4.78 is 24.6. The number of nitrogens with one attached hydrogen (secondary N) is 1. The van der Waals surface area contributed by atoms with Crippen LogP contribution in [0, 0.1) is 0 Å². The lowest BCUT2D eigenvalue weighted by atomic mass is 9.88. The van der Waals surface area contributed by atoms with Gasteiger partial charge in [0.15, 0.2) is 9.84 Å². The van der Waals surface area contributed by atoms with Crippen LogP contribution in [0.4, 0.5) is 0 Å². The average molecular weight is 394 g/mol. The van der Waals surface area contributed by atoms with E-state index in [-0.39, 0.29) is 10.8 Å². The van der Waals surface area contributed by atoms with Gasteiger partial charge in [0.25, 0.3) is 0 Å². The Morgan fingerprint density at radius 2 is 1.21 bits per heavy atom. The van der Waals surface area contributed by atoms with Crippen LogP contribution in [0.5, 0.6) is 0 Å². The van der Waals surface area contributed by atoms with E-state index < -0.39 is 21.5 Å². The summed E-state index contributed by atoms with van der Waals surface area (Å²) >= 11 is 0. The Balaban J connectivity index is 1.62. The highest BCUT2D eigenvalue weighted by molar-refractivity contribution is 7.92. The molecule has 0 radical (unpaired) electrons. The zero-order valence-electron chi connectivity index (χ0n) is 15.5. The molecule has 3 aromatic carbocycles. The summed E-state index contributed by atoms with van der Waals surface area (Å²) in [5.74, 6) is -0.893. The number of carbonyl (C=O) groups is 1. The second kappa shape index (κ2) is 9.33. The molecule has 3 aromatic rings. The van der Waals surface area contributed by atoms with Gasteiger partial charge in [0.05, 0.1) is 4.90 Å². The van der Waals surface area contributed by atoms with Gasteiger partial charge in [-0.05, 0) is 29.7 Å². The van der Waals surface area contributed by atoms with Crippen LogP contribution in [-0.4, -0.2) is 26.6 Å². The van der Waals surface area contributed by atoms with E-state index in [0.717, 1.165) is 0 Å². The van der Waals surface area contributed by atoms with Gasteiger partial charge in [-0.25, -0.2) is 8.42 Å². The van der Waals surface area contributed by atoms with Crippen molar-refractivity contribution in [2.24, 2.45) is 0 Å². The van der Waals surface area contributed by atoms with Crippen LogP contribution in [0.2, 0.25) is 0 Å². The van der Waals surface area contributed by atoms with E-state index in [1.807, 2.05) is 36.4 Å². The van der Waals surface area contributed by atoms with Crippen LogP contribution in [-0.2, 0) is 14.6 Å². The molecular formula is C23H23NO3S. The third-order valence-electron chi connectivity index (χ3n) is 4.58. The molecule has 3 rings (SSSR count). The monoisotopic (exact) mass is 393 g/mol. The minimum Gasteiger partial charge on any atom is -0.355 e. The summed E-state index contributed by atoms with van der Waals surface area (Å²) in [6.45, 7) is 0.400. The molecule has 0 aliphatic carbocycles. The predicted octanol–water partition coefficient (Wildman–Crippen LogP) is 3.80. The average Bonchev–Trinajstić information content (AvgIpc) is 2.73. The van der Waals surface area contributed by atoms with E-state index in [4.69, 9.17) is 0 Å². The summed E-state index contributed by atoms with van der Waals surface area (Å²) in [6.07, 6.45) is 0.686. The molecule has 0 spiro atoms. The van der Waals surface area contributed by atoms with E-state index in [1.165, 1.54) is 23.3 Å². The normalized spacial score (nSPS) is 11.3. The fourth-order valence-corrected chi connectivity index (χ4v) is 4.37. The van der Waals surface area contributed by atoms with Crippen LogP contribution < -0.4 is 5.32 Å². The smallest absolute Gasteiger partial charge is 0.235 e. The van der Waals surface area contributed by atoms with Crippen molar-refractivity contribution in [3.8, 4) is 0 Å². The number of benzene rings is 3. The molecule has 28 heavy (non-hydrogen) atoms. The van der Waals surface area contributed by atoms with Gasteiger partial charge in [-0.15, -0.1) is 0 Å². The van der Waals surface area contributed by atoms with Crippen LogP contribution in [0.25, 0.3) is 0 Å². The van der Waals surface area contributed by atoms with Crippen molar-refractivity contribution in [2.75, 3.05) is 12.3 Å². The van der Waals surface area contributed by atoms with E-state index in [0.29, 0.717) is 13.0 Å².